The van der Waals surface area contributed by atoms with Crippen LogP contribution in [-0.2, 0) is 11.2 Å². The zero-order valence-corrected chi connectivity index (χ0v) is 8.57. The second kappa shape index (κ2) is 3.62. The van der Waals surface area contributed by atoms with Crippen LogP contribution in [0.3, 0.4) is 0 Å². The van der Waals surface area contributed by atoms with Crippen LogP contribution in [0.1, 0.15) is 24.8 Å². The van der Waals surface area contributed by atoms with Crippen molar-refractivity contribution in [3.05, 3.63) is 24.0 Å². The monoisotopic (exact) mass is 205 g/mol. The molecule has 2 rings (SSSR count). The van der Waals surface area contributed by atoms with Gasteiger partial charge in [-0.1, -0.05) is 0 Å². The molecule has 1 aromatic rings. The predicted octanol–water partition coefficient (Wildman–Crippen LogP) is 0.657. The summed E-state index contributed by atoms with van der Waals surface area (Å²) in [5.74, 6) is 0.0773. The van der Waals surface area contributed by atoms with Gasteiger partial charge in [0.2, 0.25) is 0 Å². The van der Waals surface area contributed by atoms with Gasteiger partial charge < -0.3 is 11.5 Å². The average molecular weight is 205 g/mol. The summed E-state index contributed by atoms with van der Waals surface area (Å²) in [6.45, 7) is 0. The van der Waals surface area contributed by atoms with Gasteiger partial charge in [0, 0.05) is 30.1 Å². The van der Waals surface area contributed by atoms with Crippen molar-refractivity contribution >= 4 is 11.5 Å². The Morgan fingerprint density at radius 1 is 1.53 bits per heavy atom. The first-order valence-electron chi connectivity index (χ1n) is 5.12. The molecule has 0 aliphatic heterocycles. The number of hydrogen-bond donors (Lipinski definition) is 2. The molecule has 1 aliphatic rings. The number of nitrogens with two attached hydrogens (primary N) is 2. The molecule has 1 aromatic heterocycles. The normalized spacial score (nSPS) is 18.2. The van der Waals surface area contributed by atoms with Gasteiger partial charge in [-0.3, -0.25) is 9.78 Å². The van der Waals surface area contributed by atoms with Crippen LogP contribution in [0.25, 0.3) is 0 Å². The molecule has 1 saturated carbocycles. The average Bonchev–Trinajstić information content (AvgIpc) is 2.18. The fraction of sp³-hybridized carbons (Fsp3) is 0.455. The van der Waals surface area contributed by atoms with Crippen molar-refractivity contribution in [2.24, 2.45) is 5.73 Å². The molecule has 0 spiro atoms. The minimum Gasteiger partial charge on any atom is -0.398 e. The number of rotatable bonds is 3. The number of carbonyl (C=O) groups is 1. The Hall–Kier alpha value is -1.42. The Kier molecular flexibility index (Phi) is 2.44. The highest BCUT2D eigenvalue weighted by Gasteiger charge is 2.39. The maximum absolute atomic E-state index is 11.9. The highest BCUT2D eigenvalue weighted by Crippen LogP contribution is 2.31. The number of hydrogen-bond acceptors (Lipinski definition) is 4. The van der Waals surface area contributed by atoms with Crippen LogP contribution in [0, 0.1) is 0 Å². The van der Waals surface area contributed by atoms with Gasteiger partial charge in [0.05, 0.1) is 5.54 Å². The van der Waals surface area contributed by atoms with Gasteiger partial charge in [-0.05, 0) is 25.3 Å². The molecule has 4 heteroatoms. The van der Waals surface area contributed by atoms with E-state index in [0.717, 1.165) is 24.8 Å². The van der Waals surface area contributed by atoms with Gasteiger partial charge in [0.25, 0.3) is 0 Å². The van der Waals surface area contributed by atoms with Gasteiger partial charge >= 0.3 is 0 Å². The minimum absolute atomic E-state index is 0.0773. The van der Waals surface area contributed by atoms with Crippen molar-refractivity contribution in [3.63, 3.8) is 0 Å². The van der Waals surface area contributed by atoms with Crippen molar-refractivity contribution in [2.75, 3.05) is 5.73 Å². The Balaban J connectivity index is 2.09. The van der Waals surface area contributed by atoms with Crippen molar-refractivity contribution < 1.29 is 4.79 Å². The summed E-state index contributed by atoms with van der Waals surface area (Å²) < 4.78 is 0. The number of nitrogens with zero attached hydrogens (tertiary/aromatic N) is 1. The lowest BCUT2D eigenvalue weighted by Gasteiger charge is -2.36. The van der Waals surface area contributed by atoms with Crippen molar-refractivity contribution in [2.45, 2.75) is 31.2 Å². The molecule has 0 saturated heterocycles. The smallest absolute Gasteiger partial charge is 0.157 e. The summed E-state index contributed by atoms with van der Waals surface area (Å²) >= 11 is 0. The number of aromatic nitrogens is 1. The van der Waals surface area contributed by atoms with Crippen LogP contribution in [0.15, 0.2) is 18.5 Å². The molecule has 0 amide bonds. The number of pyridine rings is 1. The lowest BCUT2D eigenvalue weighted by atomic mass is 9.73. The number of anilines is 1. The summed E-state index contributed by atoms with van der Waals surface area (Å²) in [7, 11) is 0. The molecule has 80 valence electrons. The highest BCUT2D eigenvalue weighted by molar-refractivity contribution is 5.91. The van der Waals surface area contributed by atoms with E-state index in [4.69, 9.17) is 11.5 Å². The van der Waals surface area contributed by atoms with E-state index < -0.39 is 5.54 Å². The zero-order chi connectivity index (χ0) is 10.9. The molecule has 4 N–H and O–H groups in total. The minimum atomic E-state index is -0.595. The maximum atomic E-state index is 11.9. The van der Waals surface area contributed by atoms with E-state index in [1.54, 1.807) is 18.5 Å². The molecule has 0 radical (unpaired) electrons. The summed E-state index contributed by atoms with van der Waals surface area (Å²) in [6.07, 6.45) is 6.19. The number of Topliss-reactive ketones (excluding diaryl/α,β-unsaturated/α-hetero) is 1. The molecule has 0 aromatic carbocycles. The predicted molar refractivity (Wildman–Crippen MR) is 58.1 cm³/mol. The maximum Gasteiger partial charge on any atom is 0.157 e. The van der Waals surface area contributed by atoms with Crippen LogP contribution in [0.4, 0.5) is 5.69 Å². The van der Waals surface area contributed by atoms with Gasteiger partial charge in [-0.15, -0.1) is 0 Å². The van der Waals surface area contributed by atoms with Gasteiger partial charge in [0.1, 0.15) is 0 Å². The first-order valence-corrected chi connectivity index (χ1v) is 5.12. The highest BCUT2D eigenvalue weighted by atomic mass is 16.1. The lowest BCUT2D eigenvalue weighted by Crippen LogP contribution is -2.54. The van der Waals surface area contributed by atoms with Gasteiger partial charge in [0.15, 0.2) is 5.78 Å². The first-order chi connectivity index (χ1) is 7.12. The second-order valence-corrected chi connectivity index (χ2v) is 4.18. The third-order valence-corrected chi connectivity index (χ3v) is 3.09. The molecule has 1 heterocycles. The van der Waals surface area contributed by atoms with E-state index in [0.29, 0.717) is 12.1 Å². The Morgan fingerprint density at radius 2 is 2.27 bits per heavy atom. The van der Waals surface area contributed by atoms with Crippen molar-refractivity contribution in [1.82, 2.24) is 4.98 Å². The molecule has 0 atom stereocenters. The van der Waals surface area contributed by atoms with E-state index in [1.807, 2.05) is 0 Å². The topological polar surface area (TPSA) is 82.0 Å². The molecule has 15 heavy (non-hydrogen) atoms. The third-order valence-electron chi connectivity index (χ3n) is 3.09. The van der Waals surface area contributed by atoms with Crippen LogP contribution >= 0.6 is 0 Å². The Morgan fingerprint density at radius 3 is 2.80 bits per heavy atom. The summed E-state index contributed by atoms with van der Waals surface area (Å²) in [5.41, 5.74) is 12.5. The standard InChI is InChI=1S/C11H15N3O/c12-9-2-5-14-7-8(9)6-10(15)11(13)3-1-4-11/h2,5,7H,1,3-4,6,13H2,(H2,12,14). The van der Waals surface area contributed by atoms with Crippen LogP contribution in [0.5, 0.6) is 0 Å². The fourth-order valence-electron chi connectivity index (χ4n) is 1.77. The fourth-order valence-corrected chi connectivity index (χ4v) is 1.77. The van der Waals surface area contributed by atoms with Crippen LogP contribution < -0.4 is 11.5 Å². The number of nitrogen functional groups attached to an aromatic ring is 1. The molecular formula is C11H15N3O. The SMILES string of the molecule is Nc1ccncc1CC(=O)C1(N)CCC1. The Labute approximate surface area is 88.7 Å². The van der Waals surface area contributed by atoms with Gasteiger partial charge in [-0.2, -0.15) is 0 Å². The van der Waals surface area contributed by atoms with E-state index in [1.165, 1.54) is 0 Å². The van der Waals surface area contributed by atoms with Crippen LogP contribution in [0.2, 0.25) is 0 Å². The quantitative estimate of drug-likeness (QED) is 0.759. The van der Waals surface area contributed by atoms with Crippen molar-refractivity contribution in [1.29, 1.82) is 0 Å². The largest absolute Gasteiger partial charge is 0.398 e. The molecule has 0 bridgehead atoms. The van der Waals surface area contributed by atoms with E-state index in [2.05, 4.69) is 4.98 Å². The van der Waals surface area contributed by atoms with Gasteiger partial charge in [-0.25, -0.2) is 0 Å². The Bertz CT molecular complexity index is 385. The molecule has 1 fully saturated rings. The van der Waals surface area contributed by atoms with Crippen LogP contribution in [-0.4, -0.2) is 16.3 Å². The summed E-state index contributed by atoms with van der Waals surface area (Å²) in [5, 5.41) is 0. The summed E-state index contributed by atoms with van der Waals surface area (Å²) in [6, 6.07) is 1.70. The van der Waals surface area contributed by atoms with E-state index >= 15 is 0 Å². The van der Waals surface area contributed by atoms with E-state index in [-0.39, 0.29) is 5.78 Å². The number of carbonyl (C=O) groups excluding carboxylic acids is 1. The third kappa shape index (κ3) is 1.85. The second-order valence-electron chi connectivity index (χ2n) is 4.18. The molecule has 4 nitrogen and oxygen atoms in total. The molecule has 1 aliphatic carbocycles. The first kappa shape index (κ1) is 10.1. The molecule has 0 unspecified atom stereocenters. The van der Waals surface area contributed by atoms with E-state index in [9.17, 15) is 4.79 Å². The number of ketones is 1. The lowest BCUT2D eigenvalue weighted by molar-refractivity contribution is -0.126. The summed E-state index contributed by atoms with van der Waals surface area (Å²) in [4.78, 5) is 15.8. The van der Waals surface area contributed by atoms with Crippen molar-refractivity contribution in [3.8, 4) is 0 Å². The molecular weight excluding hydrogens is 190 g/mol. The zero-order valence-electron chi connectivity index (χ0n) is 8.57.